The van der Waals surface area contributed by atoms with E-state index in [2.05, 4.69) is 20.1 Å². The molecule has 0 atom stereocenters. The molecular formula is C20H12F4N4O2. The highest BCUT2D eigenvalue weighted by molar-refractivity contribution is 6.01. The molecule has 1 N–H and O–H groups in total. The highest BCUT2D eigenvalue weighted by Gasteiger charge is 2.32. The maximum Gasteiger partial charge on any atom is 0.573 e. The topological polar surface area (TPSA) is 68.5 Å². The van der Waals surface area contributed by atoms with Crippen LogP contribution in [0.3, 0.4) is 0 Å². The van der Waals surface area contributed by atoms with Crippen LogP contribution in [-0.2, 0) is 0 Å². The standard InChI is InChI=1S/C20H12F4N4O2/c21-12-8-10-13(11-9-12)25-19(29)18-26-17-7-3-5-15(28(17)27-18)14-4-1-2-6-16(14)30-20(22,23)24/h1-11H,(H,25,29). The molecule has 0 bridgehead atoms. The molecule has 10 heteroatoms. The molecule has 0 aliphatic heterocycles. The summed E-state index contributed by atoms with van der Waals surface area (Å²) in [6.45, 7) is 0. The van der Waals surface area contributed by atoms with Crippen molar-refractivity contribution in [3.05, 3.63) is 78.4 Å². The van der Waals surface area contributed by atoms with Gasteiger partial charge in [-0.2, -0.15) is 0 Å². The summed E-state index contributed by atoms with van der Waals surface area (Å²) in [7, 11) is 0. The third kappa shape index (κ3) is 4.07. The zero-order valence-electron chi connectivity index (χ0n) is 15.0. The molecule has 0 aliphatic rings. The van der Waals surface area contributed by atoms with Crippen molar-refractivity contribution >= 4 is 17.2 Å². The van der Waals surface area contributed by atoms with Crippen molar-refractivity contribution in [1.29, 1.82) is 0 Å². The fourth-order valence-electron chi connectivity index (χ4n) is 2.82. The lowest BCUT2D eigenvalue weighted by Gasteiger charge is -2.13. The quantitative estimate of drug-likeness (QED) is 0.491. The summed E-state index contributed by atoms with van der Waals surface area (Å²) in [6.07, 6.45) is -4.87. The van der Waals surface area contributed by atoms with Crippen LogP contribution in [0.1, 0.15) is 10.6 Å². The van der Waals surface area contributed by atoms with Crippen molar-refractivity contribution in [2.24, 2.45) is 0 Å². The number of hydrogen-bond acceptors (Lipinski definition) is 4. The Balaban J connectivity index is 1.71. The van der Waals surface area contributed by atoms with E-state index in [4.69, 9.17) is 0 Å². The van der Waals surface area contributed by atoms with Crippen LogP contribution in [0.2, 0.25) is 0 Å². The molecule has 0 unspecified atom stereocenters. The number of hydrogen-bond donors (Lipinski definition) is 1. The fourth-order valence-corrected chi connectivity index (χ4v) is 2.82. The second-order valence-corrected chi connectivity index (χ2v) is 6.12. The van der Waals surface area contributed by atoms with E-state index >= 15 is 0 Å². The van der Waals surface area contributed by atoms with Crippen LogP contribution in [0.25, 0.3) is 16.9 Å². The first kappa shape index (κ1) is 19.4. The lowest BCUT2D eigenvalue weighted by atomic mass is 10.1. The molecule has 30 heavy (non-hydrogen) atoms. The molecular weight excluding hydrogens is 404 g/mol. The van der Waals surface area contributed by atoms with E-state index in [-0.39, 0.29) is 22.7 Å². The van der Waals surface area contributed by atoms with Crippen molar-refractivity contribution < 1.29 is 27.1 Å². The number of para-hydroxylation sites is 1. The number of ether oxygens (including phenoxy) is 1. The van der Waals surface area contributed by atoms with Gasteiger partial charge in [-0.05, 0) is 48.5 Å². The Bertz CT molecular complexity index is 1220. The van der Waals surface area contributed by atoms with Crippen molar-refractivity contribution in [1.82, 2.24) is 14.6 Å². The number of halogens is 4. The minimum Gasteiger partial charge on any atom is -0.405 e. The van der Waals surface area contributed by atoms with Gasteiger partial charge in [0.1, 0.15) is 11.6 Å². The Morgan fingerprint density at radius 1 is 0.967 bits per heavy atom. The predicted octanol–water partition coefficient (Wildman–Crippen LogP) is 4.69. The summed E-state index contributed by atoms with van der Waals surface area (Å²) in [5.41, 5.74) is 0.958. The lowest BCUT2D eigenvalue weighted by molar-refractivity contribution is -0.274. The summed E-state index contributed by atoms with van der Waals surface area (Å²) in [5.74, 6) is -1.73. The molecule has 2 aromatic carbocycles. The largest absolute Gasteiger partial charge is 0.573 e. The Hall–Kier alpha value is -3.95. The van der Waals surface area contributed by atoms with Crippen LogP contribution in [-0.4, -0.2) is 26.9 Å². The van der Waals surface area contributed by atoms with Gasteiger partial charge in [-0.25, -0.2) is 13.9 Å². The third-order valence-corrected chi connectivity index (χ3v) is 4.05. The summed E-state index contributed by atoms with van der Waals surface area (Å²) in [5, 5.41) is 6.65. The van der Waals surface area contributed by atoms with E-state index in [1.165, 1.54) is 53.0 Å². The van der Waals surface area contributed by atoms with Gasteiger partial charge in [0.25, 0.3) is 5.91 Å². The second kappa shape index (κ2) is 7.47. The van der Waals surface area contributed by atoms with Gasteiger partial charge in [0, 0.05) is 11.3 Å². The number of alkyl halides is 3. The Morgan fingerprint density at radius 2 is 1.70 bits per heavy atom. The highest BCUT2D eigenvalue weighted by Crippen LogP contribution is 2.33. The van der Waals surface area contributed by atoms with Gasteiger partial charge in [-0.3, -0.25) is 4.79 Å². The normalized spacial score (nSPS) is 11.5. The van der Waals surface area contributed by atoms with Crippen LogP contribution < -0.4 is 10.1 Å². The van der Waals surface area contributed by atoms with E-state index in [1.54, 1.807) is 18.2 Å². The number of nitrogens with one attached hydrogen (secondary N) is 1. The number of pyridine rings is 1. The van der Waals surface area contributed by atoms with E-state index < -0.39 is 23.8 Å². The van der Waals surface area contributed by atoms with Gasteiger partial charge >= 0.3 is 6.36 Å². The first-order valence-electron chi connectivity index (χ1n) is 8.58. The van der Waals surface area contributed by atoms with Crippen molar-refractivity contribution in [3.8, 4) is 17.0 Å². The average Bonchev–Trinajstić information content (AvgIpc) is 3.14. The van der Waals surface area contributed by atoms with Crippen LogP contribution in [0.15, 0.2) is 66.7 Å². The molecule has 2 aromatic heterocycles. The molecule has 0 fully saturated rings. The number of amides is 1. The monoisotopic (exact) mass is 416 g/mol. The van der Waals surface area contributed by atoms with E-state index in [1.807, 2.05) is 0 Å². The SMILES string of the molecule is O=C(Nc1ccc(F)cc1)c1nc2cccc(-c3ccccc3OC(F)(F)F)n2n1. The van der Waals surface area contributed by atoms with E-state index in [0.717, 1.165) is 0 Å². The van der Waals surface area contributed by atoms with Gasteiger partial charge < -0.3 is 10.1 Å². The third-order valence-electron chi connectivity index (χ3n) is 4.05. The smallest absolute Gasteiger partial charge is 0.405 e. The minimum atomic E-state index is -4.87. The number of carbonyl (C=O) groups is 1. The van der Waals surface area contributed by atoms with Crippen molar-refractivity contribution in [3.63, 3.8) is 0 Å². The maximum atomic E-state index is 13.0. The molecule has 0 aliphatic carbocycles. The molecule has 0 saturated carbocycles. The molecule has 0 spiro atoms. The summed E-state index contributed by atoms with van der Waals surface area (Å²) in [4.78, 5) is 16.6. The number of nitrogens with zero attached hydrogens (tertiary/aromatic N) is 3. The fraction of sp³-hybridized carbons (Fsp3) is 0.0500. The molecule has 4 aromatic rings. The predicted molar refractivity (Wildman–Crippen MR) is 99.5 cm³/mol. The molecule has 6 nitrogen and oxygen atoms in total. The first-order valence-corrected chi connectivity index (χ1v) is 8.58. The zero-order chi connectivity index (χ0) is 21.3. The lowest BCUT2D eigenvalue weighted by Crippen LogP contribution is -2.17. The van der Waals surface area contributed by atoms with Gasteiger partial charge in [-0.1, -0.05) is 18.2 Å². The highest BCUT2D eigenvalue weighted by atomic mass is 19.4. The molecule has 1 amide bonds. The second-order valence-electron chi connectivity index (χ2n) is 6.12. The number of carbonyl (C=O) groups excluding carboxylic acids is 1. The van der Waals surface area contributed by atoms with Crippen molar-refractivity contribution in [2.45, 2.75) is 6.36 Å². The van der Waals surface area contributed by atoms with Gasteiger partial charge in [0.15, 0.2) is 5.65 Å². The molecule has 4 rings (SSSR count). The summed E-state index contributed by atoms with van der Waals surface area (Å²) < 4.78 is 56.6. The first-order chi connectivity index (χ1) is 14.3. The average molecular weight is 416 g/mol. The van der Waals surface area contributed by atoms with E-state index in [9.17, 15) is 22.4 Å². The van der Waals surface area contributed by atoms with Gasteiger partial charge in [0.2, 0.25) is 5.82 Å². The van der Waals surface area contributed by atoms with Crippen LogP contribution in [0, 0.1) is 5.82 Å². The maximum absolute atomic E-state index is 13.0. The molecule has 152 valence electrons. The number of anilines is 1. The van der Waals surface area contributed by atoms with Crippen LogP contribution in [0.4, 0.5) is 23.2 Å². The number of benzene rings is 2. The van der Waals surface area contributed by atoms with E-state index in [0.29, 0.717) is 5.69 Å². The van der Waals surface area contributed by atoms with Crippen LogP contribution >= 0.6 is 0 Å². The number of fused-ring (bicyclic) bond motifs is 1. The Kier molecular flexibility index (Phi) is 4.82. The summed E-state index contributed by atoms with van der Waals surface area (Å²) in [6, 6.07) is 15.4. The molecule has 0 radical (unpaired) electrons. The Labute approximate surface area is 166 Å². The summed E-state index contributed by atoms with van der Waals surface area (Å²) >= 11 is 0. The minimum absolute atomic E-state index is 0.121. The number of rotatable bonds is 4. The van der Waals surface area contributed by atoms with Gasteiger partial charge in [-0.15, -0.1) is 18.3 Å². The van der Waals surface area contributed by atoms with Crippen LogP contribution in [0.5, 0.6) is 5.75 Å². The zero-order valence-corrected chi connectivity index (χ0v) is 15.0. The number of aromatic nitrogens is 3. The Morgan fingerprint density at radius 3 is 2.43 bits per heavy atom. The van der Waals surface area contributed by atoms with Gasteiger partial charge in [0.05, 0.1) is 5.69 Å². The molecule has 2 heterocycles. The molecule has 0 saturated heterocycles. The van der Waals surface area contributed by atoms with Crippen molar-refractivity contribution in [2.75, 3.05) is 5.32 Å².